The van der Waals surface area contributed by atoms with Crippen molar-refractivity contribution in [2.45, 2.75) is 26.7 Å². The minimum absolute atomic E-state index is 0. The van der Waals surface area contributed by atoms with Gasteiger partial charge in [-0.25, -0.2) is 0 Å². The molecule has 0 aliphatic heterocycles. The molecule has 0 aliphatic carbocycles. The number of rotatable bonds is 5. The Labute approximate surface area is 198 Å². The van der Waals surface area contributed by atoms with E-state index in [0.29, 0.717) is 11.4 Å². The summed E-state index contributed by atoms with van der Waals surface area (Å²) in [6.45, 7) is 3.14. The molecule has 0 aliphatic rings. The predicted octanol–water partition coefficient (Wildman–Crippen LogP) is 1.35. The van der Waals surface area contributed by atoms with Crippen LogP contribution in [0.5, 0.6) is 5.75 Å². The Balaban J connectivity index is -0.000000816. The number of aryl methyl sites for hydroxylation is 1. The Bertz CT molecular complexity index is 745. The minimum Gasteiger partial charge on any atom is -0.871 e. The monoisotopic (exact) mass is 492 g/mol. The molecule has 167 valence electrons. The normalized spacial score (nSPS) is 10.0. The van der Waals surface area contributed by atoms with Crippen LogP contribution in [0.15, 0.2) is 52.7 Å². The first kappa shape index (κ1) is 33.1. The summed E-state index contributed by atoms with van der Waals surface area (Å²) in [6, 6.07) is 12.4. The maximum Gasteiger partial charge on any atom is 0.0562 e. The van der Waals surface area contributed by atoms with E-state index in [1.165, 1.54) is 18.3 Å². The predicted molar refractivity (Wildman–Crippen MR) is 109 cm³/mol. The second-order valence-corrected chi connectivity index (χ2v) is 5.95. The number of benzene rings is 2. The molecule has 0 bridgehead atoms. The summed E-state index contributed by atoms with van der Waals surface area (Å²) in [6.07, 6.45) is 2.02. The van der Waals surface area contributed by atoms with Gasteiger partial charge in [-0.2, -0.15) is 10.2 Å². The zero-order valence-electron chi connectivity index (χ0n) is 16.6. The zero-order valence-corrected chi connectivity index (χ0v) is 19.5. The summed E-state index contributed by atoms with van der Waals surface area (Å²) < 4.78 is 0. The summed E-state index contributed by atoms with van der Waals surface area (Å²) in [5.74, 6) is -0.762. The first-order valence-corrected chi connectivity index (χ1v) is 9.28. The van der Waals surface area contributed by atoms with Crippen LogP contribution in [0.4, 0.5) is 0 Å². The Morgan fingerprint density at radius 1 is 1.03 bits per heavy atom. The van der Waals surface area contributed by atoms with E-state index in [2.05, 4.69) is 10.2 Å². The van der Waals surface area contributed by atoms with Gasteiger partial charge in [0.1, 0.15) is 0 Å². The van der Waals surface area contributed by atoms with Gasteiger partial charge >= 0.3 is 0 Å². The molecule has 0 unspecified atom stereocenters. The van der Waals surface area contributed by atoms with Crippen molar-refractivity contribution in [1.82, 2.24) is 0 Å². The van der Waals surface area contributed by atoms with E-state index in [4.69, 9.17) is 33.4 Å². The van der Waals surface area contributed by atoms with Gasteiger partial charge in [0.15, 0.2) is 0 Å². The maximum atomic E-state index is 11.7. The molecule has 0 saturated heterocycles. The number of halogens is 2. The van der Waals surface area contributed by atoms with Crippen molar-refractivity contribution in [2.24, 2.45) is 10.2 Å². The summed E-state index contributed by atoms with van der Waals surface area (Å²) in [4.78, 5) is 0. The molecule has 10 heteroatoms. The Morgan fingerprint density at radius 3 is 2.10 bits per heavy atom. The number of hydrogen-bond acceptors (Lipinski definition) is 7. The molecule has 0 heterocycles. The van der Waals surface area contributed by atoms with Crippen molar-refractivity contribution >= 4 is 35.3 Å². The van der Waals surface area contributed by atoms with E-state index in [1.807, 2.05) is 30.3 Å². The maximum absolute atomic E-state index is 11.7. The molecule has 2 rings (SSSR count). The third-order valence-corrected chi connectivity index (χ3v) is 3.37. The van der Waals surface area contributed by atoms with Gasteiger partial charge < -0.3 is 25.9 Å². The van der Waals surface area contributed by atoms with Crippen molar-refractivity contribution in [1.29, 1.82) is 0 Å². The van der Waals surface area contributed by atoms with Crippen LogP contribution in [0, 0.1) is 0 Å². The van der Waals surface area contributed by atoms with Gasteiger partial charge in [0.25, 0.3) is 0 Å². The molecular weight excluding hydrogens is 470 g/mol. The average Bonchev–Trinajstić information content (AvgIpc) is 2.66. The van der Waals surface area contributed by atoms with E-state index in [-0.39, 0.29) is 60.2 Å². The first-order chi connectivity index (χ1) is 13.4. The summed E-state index contributed by atoms with van der Waals surface area (Å²) in [7, 11) is 0. The van der Waals surface area contributed by atoms with E-state index < -0.39 is 5.75 Å². The van der Waals surface area contributed by atoms with Crippen molar-refractivity contribution < 1.29 is 44.5 Å². The second kappa shape index (κ2) is 20.7. The average molecular weight is 493 g/mol. The van der Waals surface area contributed by atoms with E-state index in [1.54, 1.807) is 13.8 Å². The van der Waals surface area contributed by atoms with Crippen LogP contribution in [-0.2, 0) is 25.0 Å². The second-order valence-electron chi connectivity index (χ2n) is 5.11. The van der Waals surface area contributed by atoms with Crippen molar-refractivity contribution in [3.63, 3.8) is 0 Å². The zero-order chi connectivity index (χ0) is 21.4. The standard InChI is InChI=1S/C16H14Cl2N2O2.2C2H5O.H2O.V/c17-13-8-12(16(22)14(18)9-13)10-19-20-15(21)7-6-11-4-2-1-3-5-11;2*1-2-3;;/h1-5,8-10,22H,6-7H2,(H,20,21);2*2H2,1H3;1H2;/q;2*-1;;/p-3/b19-10+;;;;. The fourth-order valence-corrected chi connectivity index (χ4v) is 2.29. The largest absolute Gasteiger partial charge is 0.871 e. The van der Waals surface area contributed by atoms with Gasteiger partial charge in [-0.1, -0.05) is 73.1 Å². The summed E-state index contributed by atoms with van der Waals surface area (Å²) >= 11 is 11.5. The molecule has 2 aromatic carbocycles. The van der Waals surface area contributed by atoms with Gasteiger partial charge in [-0.15, -0.1) is 13.2 Å². The van der Waals surface area contributed by atoms with Gasteiger partial charge in [0.05, 0.1) is 6.21 Å². The van der Waals surface area contributed by atoms with Crippen molar-refractivity contribution in [2.75, 3.05) is 13.2 Å². The van der Waals surface area contributed by atoms with Gasteiger partial charge in [0, 0.05) is 28.6 Å². The molecule has 30 heavy (non-hydrogen) atoms. The Hall–Kier alpha value is -1.58. The van der Waals surface area contributed by atoms with Crippen molar-refractivity contribution in [3.05, 3.63) is 63.6 Å². The minimum atomic E-state index is -0.401. The van der Waals surface area contributed by atoms with Crippen LogP contribution in [-0.4, -0.2) is 30.8 Å². The number of nitrogens with zero attached hydrogens (tertiary/aromatic N) is 2. The van der Waals surface area contributed by atoms with Gasteiger partial charge in [0.2, 0.25) is 0 Å². The fraction of sp³-hybridized carbons (Fsp3) is 0.300. The van der Waals surface area contributed by atoms with E-state index >= 15 is 0 Å². The van der Waals surface area contributed by atoms with E-state index in [9.17, 15) is 10.2 Å². The first-order valence-electron chi connectivity index (χ1n) is 8.52. The molecule has 0 aromatic heterocycles. The molecule has 2 aromatic rings. The Morgan fingerprint density at radius 2 is 1.57 bits per heavy atom. The summed E-state index contributed by atoms with van der Waals surface area (Å²) in [5.41, 5.74) is 1.25. The van der Waals surface area contributed by atoms with Crippen LogP contribution >= 0.6 is 23.2 Å². The molecule has 0 atom stereocenters. The Kier molecular flexibility index (Phi) is 22.8. The fourth-order valence-electron chi connectivity index (χ4n) is 1.78. The molecule has 0 saturated carbocycles. The molecule has 0 fully saturated rings. The third kappa shape index (κ3) is 15.3. The van der Waals surface area contributed by atoms with Crippen LogP contribution in [0.2, 0.25) is 10.0 Å². The van der Waals surface area contributed by atoms with Crippen LogP contribution in [0.25, 0.3) is 0 Å². The quantitative estimate of drug-likeness (QED) is 0.351. The van der Waals surface area contributed by atoms with E-state index in [0.717, 1.165) is 5.56 Å². The smallest absolute Gasteiger partial charge is 0.0562 e. The summed E-state index contributed by atoms with van der Waals surface area (Å²) in [5, 5.41) is 48.7. The van der Waals surface area contributed by atoms with Crippen LogP contribution in [0.3, 0.4) is 0 Å². The van der Waals surface area contributed by atoms with Crippen LogP contribution in [0.1, 0.15) is 31.4 Å². The molecule has 0 spiro atoms. The third-order valence-electron chi connectivity index (χ3n) is 2.87. The number of hydrogen-bond donors (Lipinski definition) is 0. The molecular formula is C20H23Cl2N2O5V-5. The molecule has 7 nitrogen and oxygen atoms in total. The SMILES string of the molecule is CC[O-].CC[O-].[O-]/C(CCc1ccccc1)=N\N=C\c1cc(Cl)cc(Cl)c1[O-].[OH-].[V]. The van der Waals surface area contributed by atoms with Gasteiger partial charge in [-0.3, -0.25) is 0 Å². The topological polar surface area (TPSA) is 147 Å². The van der Waals surface area contributed by atoms with Crippen LogP contribution < -0.4 is 20.4 Å². The van der Waals surface area contributed by atoms with Crippen molar-refractivity contribution in [3.8, 4) is 5.75 Å². The molecule has 1 N–H and O–H groups in total. The van der Waals surface area contributed by atoms with Gasteiger partial charge in [-0.05, 0) is 42.0 Å². The molecule has 1 radical (unpaired) electrons. The molecule has 0 amide bonds.